The molecule has 1 aliphatic heterocycles. The van der Waals surface area contributed by atoms with Gasteiger partial charge in [-0.2, -0.15) is 0 Å². The lowest BCUT2D eigenvalue weighted by atomic mass is 10.1. The van der Waals surface area contributed by atoms with E-state index >= 15 is 0 Å². The van der Waals surface area contributed by atoms with Crippen LogP contribution < -0.4 is 0 Å². The Labute approximate surface area is 104 Å². The van der Waals surface area contributed by atoms with Gasteiger partial charge >= 0.3 is 0 Å². The van der Waals surface area contributed by atoms with Crippen molar-refractivity contribution in [2.45, 2.75) is 18.9 Å². The summed E-state index contributed by atoms with van der Waals surface area (Å²) in [6.07, 6.45) is 1.69. The molecule has 1 aromatic rings. The number of amides is 1. The lowest BCUT2D eigenvalue weighted by Gasteiger charge is -2.23. The number of carbonyl (C=O) groups excluding carboxylic acids is 1. The highest BCUT2D eigenvalue weighted by Crippen LogP contribution is 2.26. The second-order valence-electron chi connectivity index (χ2n) is 4.14. The van der Waals surface area contributed by atoms with Crippen molar-refractivity contribution in [1.82, 2.24) is 4.90 Å². The van der Waals surface area contributed by atoms with Crippen molar-refractivity contribution in [3.8, 4) is 5.75 Å². The fourth-order valence-corrected chi connectivity index (χ4v) is 2.32. The Kier molecular flexibility index (Phi) is 3.54. The third-order valence-corrected chi connectivity index (χ3v) is 3.36. The van der Waals surface area contributed by atoms with Crippen LogP contribution >= 0.6 is 11.6 Å². The Morgan fingerprint density at radius 3 is 3.00 bits per heavy atom. The van der Waals surface area contributed by atoms with Crippen LogP contribution in [-0.2, 0) is 0 Å². The van der Waals surface area contributed by atoms with Gasteiger partial charge in [0.2, 0.25) is 0 Å². The van der Waals surface area contributed by atoms with E-state index in [-0.39, 0.29) is 29.9 Å². The van der Waals surface area contributed by atoms with Crippen LogP contribution in [0.2, 0.25) is 5.02 Å². The number of phenols is 1. The van der Waals surface area contributed by atoms with E-state index in [1.807, 2.05) is 0 Å². The molecule has 0 spiro atoms. The number of aliphatic hydroxyl groups is 1. The number of aliphatic hydroxyl groups excluding tert-OH is 1. The summed E-state index contributed by atoms with van der Waals surface area (Å²) in [5.74, 6) is -0.222. The maximum atomic E-state index is 12.2. The van der Waals surface area contributed by atoms with Gasteiger partial charge in [0.25, 0.3) is 5.91 Å². The number of nitrogens with zero attached hydrogens (tertiary/aromatic N) is 1. The standard InChI is InChI=1S/C12H14ClNO3/c13-11-4-3-9(16)6-10(11)12(17)14-5-1-2-8(14)7-15/h3-4,6,8,15-16H,1-2,5,7H2. The van der Waals surface area contributed by atoms with Crippen molar-refractivity contribution in [2.75, 3.05) is 13.2 Å². The number of aromatic hydroxyl groups is 1. The third kappa shape index (κ3) is 2.37. The molecule has 2 rings (SSSR count). The molecule has 0 radical (unpaired) electrons. The Morgan fingerprint density at radius 1 is 1.53 bits per heavy atom. The second-order valence-corrected chi connectivity index (χ2v) is 4.55. The number of likely N-dealkylation sites (tertiary alicyclic amines) is 1. The molecule has 0 aliphatic carbocycles. The van der Waals surface area contributed by atoms with Gasteiger partial charge in [-0.3, -0.25) is 4.79 Å². The maximum Gasteiger partial charge on any atom is 0.255 e. The van der Waals surface area contributed by atoms with Crippen LogP contribution in [-0.4, -0.2) is 40.2 Å². The Hall–Kier alpha value is -1.26. The molecule has 2 N–H and O–H groups in total. The molecular weight excluding hydrogens is 242 g/mol. The van der Waals surface area contributed by atoms with E-state index in [0.29, 0.717) is 11.6 Å². The van der Waals surface area contributed by atoms with Gasteiger partial charge in [-0.25, -0.2) is 0 Å². The molecule has 0 bridgehead atoms. The van der Waals surface area contributed by atoms with E-state index in [2.05, 4.69) is 0 Å². The van der Waals surface area contributed by atoms with Crippen LogP contribution in [0.15, 0.2) is 18.2 Å². The van der Waals surface area contributed by atoms with Gasteiger partial charge in [0.1, 0.15) is 5.75 Å². The smallest absolute Gasteiger partial charge is 0.255 e. The molecule has 5 heteroatoms. The zero-order valence-electron chi connectivity index (χ0n) is 9.27. The van der Waals surface area contributed by atoms with Crippen LogP contribution in [0.4, 0.5) is 0 Å². The lowest BCUT2D eigenvalue weighted by molar-refractivity contribution is 0.0677. The summed E-state index contributed by atoms with van der Waals surface area (Å²) in [6, 6.07) is 4.15. The first kappa shape index (κ1) is 12.2. The number of phenolic OH excluding ortho intramolecular Hbond substituents is 1. The predicted octanol–water partition coefficient (Wildman–Crippen LogP) is 1.64. The molecule has 92 valence electrons. The summed E-state index contributed by atoms with van der Waals surface area (Å²) in [5, 5.41) is 18.9. The average molecular weight is 256 g/mol. The molecule has 1 aliphatic rings. The van der Waals surface area contributed by atoms with Gasteiger partial charge in [0.15, 0.2) is 0 Å². The molecule has 0 aromatic heterocycles. The molecule has 1 amide bonds. The summed E-state index contributed by atoms with van der Waals surface area (Å²) in [7, 11) is 0. The molecule has 1 atom stereocenters. The van der Waals surface area contributed by atoms with Crippen molar-refractivity contribution < 1.29 is 15.0 Å². The van der Waals surface area contributed by atoms with Gasteiger partial charge < -0.3 is 15.1 Å². The van der Waals surface area contributed by atoms with Crippen LogP contribution in [0, 0.1) is 0 Å². The first-order chi connectivity index (χ1) is 8.13. The van der Waals surface area contributed by atoms with E-state index in [1.165, 1.54) is 18.2 Å². The molecule has 17 heavy (non-hydrogen) atoms. The first-order valence-electron chi connectivity index (χ1n) is 5.54. The van der Waals surface area contributed by atoms with Crippen molar-refractivity contribution in [3.63, 3.8) is 0 Å². The van der Waals surface area contributed by atoms with E-state index in [9.17, 15) is 15.0 Å². The highest BCUT2D eigenvalue weighted by Gasteiger charge is 2.29. The molecule has 1 unspecified atom stereocenters. The minimum atomic E-state index is -0.234. The van der Waals surface area contributed by atoms with E-state index in [4.69, 9.17) is 11.6 Å². The number of benzene rings is 1. The van der Waals surface area contributed by atoms with Crippen LogP contribution in [0.5, 0.6) is 5.75 Å². The third-order valence-electron chi connectivity index (χ3n) is 3.03. The highest BCUT2D eigenvalue weighted by molar-refractivity contribution is 6.33. The summed E-state index contributed by atoms with van der Waals surface area (Å²) in [6.45, 7) is 0.582. The maximum absolute atomic E-state index is 12.2. The minimum absolute atomic E-state index is 0.0116. The van der Waals surface area contributed by atoms with E-state index in [1.54, 1.807) is 4.90 Å². The molecule has 4 nitrogen and oxygen atoms in total. The quantitative estimate of drug-likeness (QED) is 0.845. The average Bonchev–Trinajstić information content (AvgIpc) is 2.79. The van der Waals surface area contributed by atoms with Crippen molar-refractivity contribution in [3.05, 3.63) is 28.8 Å². The molecule has 1 heterocycles. The Morgan fingerprint density at radius 2 is 2.29 bits per heavy atom. The number of hydrogen-bond donors (Lipinski definition) is 2. The largest absolute Gasteiger partial charge is 0.508 e. The lowest BCUT2D eigenvalue weighted by Crippen LogP contribution is -2.37. The fraction of sp³-hybridized carbons (Fsp3) is 0.417. The highest BCUT2D eigenvalue weighted by atomic mass is 35.5. The van der Waals surface area contributed by atoms with Crippen molar-refractivity contribution >= 4 is 17.5 Å². The number of rotatable bonds is 2. The zero-order chi connectivity index (χ0) is 12.4. The monoisotopic (exact) mass is 255 g/mol. The van der Waals surface area contributed by atoms with Crippen molar-refractivity contribution in [1.29, 1.82) is 0 Å². The topological polar surface area (TPSA) is 60.8 Å². The SMILES string of the molecule is O=C(c1cc(O)ccc1Cl)N1CCCC1CO. The van der Waals surface area contributed by atoms with Crippen molar-refractivity contribution in [2.24, 2.45) is 0 Å². The molecular formula is C12H14ClNO3. The molecule has 1 aromatic carbocycles. The van der Waals surface area contributed by atoms with Crippen LogP contribution in [0.1, 0.15) is 23.2 Å². The number of carbonyl (C=O) groups is 1. The summed E-state index contributed by atoms with van der Waals surface area (Å²) in [4.78, 5) is 13.8. The molecule has 1 saturated heterocycles. The number of hydrogen-bond acceptors (Lipinski definition) is 3. The number of halogens is 1. The van der Waals surface area contributed by atoms with E-state index < -0.39 is 0 Å². The van der Waals surface area contributed by atoms with Crippen LogP contribution in [0.3, 0.4) is 0 Å². The fourth-order valence-electron chi connectivity index (χ4n) is 2.12. The van der Waals surface area contributed by atoms with E-state index in [0.717, 1.165) is 12.8 Å². The zero-order valence-corrected chi connectivity index (χ0v) is 10.0. The normalized spacial score (nSPS) is 19.6. The molecule has 0 saturated carbocycles. The minimum Gasteiger partial charge on any atom is -0.508 e. The second kappa shape index (κ2) is 4.94. The summed E-state index contributed by atoms with van der Waals surface area (Å²) < 4.78 is 0. The Bertz CT molecular complexity index is 436. The van der Waals surface area contributed by atoms with Gasteiger partial charge in [0, 0.05) is 6.54 Å². The van der Waals surface area contributed by atoms with Gasteiger partial charge in [0.05, 0.1) is 23.2 Å². The summed E-state index contributed by atoms with van der Waals surface area (Å²) in [5.41, 5.74) is 0.284. The van der Waals surface area contributed by atoms with Gasteiger partial charge in [-0.15, -0.1) is 0 Å². The van der Waals surface area contributed by atoms with Gasteiger partial charge in [-0.05, 0) is 31.0 Å². The van der Waals surface area contributed by atoms with Gasteiger partial charge in [-0.1, -0.05) is 11.6 Å². The first-order valence-corrected chi connectivity index (χ1v) is 5.91. The molecule has 1 fully saturated rings. The predicted molar refractivity (Wildman–Crippen MR) is 64.3 cm³/mol. The summed E-state index contributed by atoms with van der Waals surface area (Å²) >= 11 is 5.94. The van der Waals surface area contributed by atoms with Crippen LogP contribution in [0.25, 0.3) is 0 Å². The Balaban J connectivity index is 2.27.